The number of nitrogen functional groups attached to an aromatic ring is 1. The number of rotatable bonds is 6. The molecule has 13 heteroatoms. The summed E-state index contributed by atoms with van der Waals surface area (Å²) in [5, 5.41) is 3.80. The van der Waals surface area contributed by atoms with Gasteiger partial charge >= 0.3 is 6.18 Å². The maximum absolute atomic E-state index is 12.5. The Hall–Kier alpha value is -4.29. The number of halogens is 3. The molecular formula is C19H15F3N8O2. The summed E-state index contributed by atoms with van der Waals surface area (Å²) in [5.74, 6) is -0.221. The summed E-state index contributed by atoms with van der Waals surface area (Å²) in [6, 6.07) is 12.0. The van der Waals surface area contributed by atoms with E-state index in [0.29, 0.717) is 0 Å². The minimum atomic E-state index is -4.52. The summed E-state index contributed by atoms with van der Waals surface area (Å²) in [6.45, 7) is -1.49. The molecule has 164 valence electrons. The van der Waals surface area contributed by atoms with E-state index in [-0.39, 0.29) is 40.9 Å². The first kappa shape index (κ1) is 21.0. The van der Waals surface area contributed by atoms with Gasteiger partial charge in [-0.1, -0.05) is 23.4 Å². The number of aromatic nitrogens is 6. The minimum absolute atomic E-state index is 0.0129. The van der Waals surface area contributed by atoms with E-state index in [2.05, 4.69) is 30.1 Å². The van der Waals surface area contributed by atoms with Gasteiger partial charge in [-0.05, 0) is 24.3 Å². The average molecular weight is 444 g/mol. The van der Waals surface area contributed by atoms with E-state index in [1.54, 1.807) is 11.9 Å². The Balaban J connectivity index is 1.65. The van der Waals surface area contributed by atoms with Gasteiger partial charge in [0.1, 0.15) is 0 Å². The highest BCUT2D eigenvalue weighted by atomic mass is 19.4. The van der Waals surface area contributed by atoms with Crippen molar-refractivity contribution in [2.45, 2.75) is 6.18 Å². The smallest absolute Gasteiger partial charge is 0.422 e. The van der Waals surface area contributed by atoms with Gasteiger partial charge in [-0.15, -0.1) is 0 Å². The van der Waals surface area contributed by atoms with Crippen molar-refractivity contribution in [1.82, 2.24) is 30.1 Å². The van der Waals surface area contributed by atoms with Crippen LogP contribution in [0.2, 0.25) is 0 Å². The molecule has 0 bridgehead atoms. The number of anilines is 3. The predicted octanol–water partition coefficient (Wildman–Crippen LogP) is 3.27. The van der Waals surface area contributed by atoms with Crippen molar-refractivity contribution < 1.29 is 22.4 Å². The fourth-order valence-corrected chi connectivity index (χ4v) is 2.64. The first-order valence-corrected chi connectivity index (χ1v) is 9.09. The molecule has 2 N–H and O–H groups in total. The van der Waals surface area contributed by atoms with Crippen LogP contribution in [-0.4, -0.2) is 49.9 Å². The molecule has 0 aliphatic carbocycles. The summed E-state index contributed by atoms with van der Waals surface area (Å²) >= 11 is 0. The van der Waals surface area contributed by atoms with Crippen molar-refractivity contribution in [2.75, 3.05) is 24.3 Å². The van der Waals surface area contributed by atoms with E-state index in [9.17, 15) is 13.2 Å². The van der Waals surface area contributed by atoms with Crippen LogP contribution in [0.3, 0.4) is 0 Å². The molecule has 10 nitrogen and oxygen atoms in total. The highest BCUT2D eigenvalue weighted by Gasteiger charge is 2.29. The summed E-state index contributed by atoms with van der Waals surface area (Å²) in [5.41, 5.74) is 6.57. The van der Waals surface area contributed by atoms with E-state index in [1.807, 2.05) is 30.3 Å². The summed E-state index contributed by atoms with van der Waals surface area (Å²) in [4.78, 5) is 22.3. The number of ether oxygens (including phenoxy) is 1. The Morgan fingerprint density at radius 2 is 1.78 bits per heavy atom. The van der Waals surface area contributed by atoms with E-state index in [4.69, 9.17) is 15.0 Å². The molecule has 0 aliphatic heterocycles. The van der Waals surface area contributed by atoms with Gasteiger partial charge in [-0.25, -0.2) is 4.98 Å². The van der Waals surface area contributed by atoms with Gasteiger partial charge in [0.15, 0.2) is 18.1 Å². The fourth-order valence-electron chi connectivity index (χ4n) is 2.64. The largest absolute Gasteiger partial charge is 0.482 e. The molecule has 0 spiro atoms. The monoisotopic (exact) mass is 444 g/mol. The number of alkyl halides is 3. The highest BCUT2D eigenvalue weighted by Crippen LogP contribution is 2.29. The summed E-state index contributed by atoms with van der Waals surface area (Å²) in [7, 11) is 1.74. The number of pyridine rings is 1. The Kier molecular flexibility index (Phi) is 5.54. The molecule has 0 amide bonds. The van der Waals surface area contributed by atoms with E-state index < -0.39 is 12.8 Å². The Morgan fingerprint density at radius 3 is 2.53 bits per heavy atom. The molecule has 3 aromatic heterocycles. The molecule has 0 saturated carbocycles. The third-order valence-electron chi connectivity index (χ3n) is 4.08. The maximum Gasteiger partial charge on any atom is 0.422 e. The summed E-state index contributed by atoms with van der Waals surface area (Å²) in [6.07, 6.45) is -3.16. The lowest BCUT2D eigenvalue weighted by Crippen LogP contribution is -2.19. The van der Waals surface area contributed by atoms with Crippen molar-refractivity contribution in [3.05, 3.63) is 48.7 Å². The second kappa shape index (κ2) is 8.45. The second-order valence-electron chi connectivity index (χ2n) is 6.39. The number of para-hydroxylation sites is 1. The Bertz CT molecular complexity index is 1220. The zero-order chi connectivity index (χ0) is 22.7. The Labute approximate surface area is 178 Å². The molecule has 32 heavy (non-hydrogen) atoms. The van der Waals surface area contributed by atoms with Crippen LogP contribution in [0.1, 0.15) is 0 Å². The number of hydrogen-bond acceptors (Lipinski definition) is 10. The van der Waals surface area contributed by atoms with Crippen LogP contribution in [0.25, 0.3) is 23.2 Å². The number of hydrogen-bond donors (Lipinski definition) is 1. The number of nitrogens with two attached hydrogens (primary N) is 1. The zero-order valence-corrected chi connectivity index (χ0v) is 16.5. The van der Waals surface area contributed by atoms with Crippen molar-refractivity contribution in [2.24, 2.45) is 0 Å². The van der Waals surface area contributed by atoms with Crippen LogP contribution in [0.4, 0.5) is 30.8 Å². The SMILES string of the molecule is CN(c1ccccc1)c1nc(N)nc(-c2noc(-c3ncccc3OCC(F)(F)F)n2)n1. The lowest BCUT2D eigenvalue weighted by molar-refractivity contribution is -0.153. The first-order valence-electron chi connectivity index (χ1n) is 9.09. The molecule has 0 radical (unpaired) electrons. The predicted molar refractivity (Wildman–Crippen MR) is 107 cm³/mol. The minimum Gasteiger partial charge on any atom is -0.482 e. The van der Waals surface area contributed by atoms with Crippen LogP contribution in [0, 0.1) is 0 Å². The third-order valence-corrected chi connectivity index (χ3v) is 4.08. The lowest BCUT2D eigenvalue weighted by atomic mass is 10.3. The molecule has 1 aromatic carbocycles. The van der Waals surface area contributed by atoms with Crippen LogP contribution in [-0.2, 0) is 0 Å². The van der Waals surface area contributed by atoms with E-state index in [0.717, 1.165) is 5.69 Å². The van der Waals surface area contributed by atoms with Crippen LogP contribution < -0.4 is 15.4 Å². The van der Waals surface area contributed by atoms with Gasteiger partial charge in [0.05, 0.1) is 0 Å². The van der Waals surface area contributed by atoms with Gasteiger partial charge in [0, 0.05) is 18.9 Å². The highest BCUT2D eigenvalue weighted by molar-refractivity contribution is 5.61. The quantitative estimate of drug-likeness (QED) is 0.473. The van der Waals surface area contributed by atoms with Gasteiger partial charge in [0.25, 0.3) is 5.89 Å². The summed E-state index contributed by atoms with van der Waals surface area (Å²) < 4.78 is 47.6. The molecule has 4 rings (SSSR count). The molecular weight excluding hydrogens is 429 g/mol. The first-order chi connectivity index (χ1) is 15.3. The standard InChI is InChI=1S/C19H15F3N8O2/c1-30(11-6-3-2-4-7-11)18-27-14(26-17(23)28-18)15-25-16(32-29-15)13-12(8-5-9-24-13)31-10-19(20,21)22/h2-9H,10H2,1H3,(H2,23,26,27,28). The van der Waals surface area contributed by atoms with E-state index in [1.165, 1.54) is 18.3 Å². The molecule has 0 saturated heterocycles. The fraction of sp³-hybridized carbons (Fsp3) is 0.158. The van der Waals surface area contributed by atoms with Gasteiger partial charge in [-0.2, -0.15) is 33.1 Å². The van der Waals surface area contributed by atoms with Crippen molar-refractivity contribution in [3.8, 4) is 29.0 Å². The molecule has 4 aromatic rings. The van der Waals surface area contributed by atoms with Gasteiger partial charge in [-0.3, -0.25) is 0 Å². The lowest BCUT2D eigenvalue weighted by Gasteiger charge is -2.17. The Morgan fingerprint density at radius 1 is 1.00 bits per heavy atom. The molecule has 0 fully saturated rings. The van der Waals surface area contributed by atoms with Crippen molar-refractivity contribution in [1.29, 1.82) is 0 Å². The van der Waals surface area contributed by atoms with Gasteiger partial charge in [0.2, 0.25) is 23.5 Å². The normalized spacial score (nSPS) is 11.4. The van der Waals surface area contributed by atoms with Crippen LogP contribution in [0.15, 0.2) is 53.2 Å². The zero-order valence-electron chi connectivity index (χ0n) is 16.5. The van der Waals surface area contributed by atoms with Gasteiger partial charge < -0.3 is 19.9 Å². The van der Waals surface area contributed by atoms with Crippen molar-refractivity contribution >= 4 is 17.6 Å². The van der Waals surface area contributed by atoms with E-state index >= 15 is 0 Å². The average Bonchev–Trinajstić information content (AvgIpc) is 3.27. The molecule has 3 heterocycles. The topological polar surface area (TPSA) is 129 Å². The maximum atomic E-state index is 12.5. The van der Waals surface area contributed by atoms with Crippen LogP contribution >= 0.6 is 0 Å². The van der Waals surface area contributed by atoms with Crippen molar-refractivity contribution in [3.63, 3.8) is 0 Å². The van der Waals surface area contributed by atoms with Crippen LogP contribution in [0.5, 0.6) is 5.75 Å². The number of nitrogens with zero attached hydrogens (tertiary/aromatic N) is 7. The molecule has 0 atom stereocenters. The third kappa shape index (κ3) is 4.71. The number of benzene rings is 1. The second-order valence-corrected chi connectivity index (χ2v) is 6.39. The molecule has 0 aliphatic rings. The molecule has 0 unspecified atom stereocenters.